The number of likely N-dealkylation sites (N-methyl/N-ethyl adjacent to an activating group) is 1. The van der Waals surface area contributed by atoms with Gasteiger partial charge in [-0.2, -0.15) is 4.98 Å². The van der Waals surface area contributed by atoms with Crippen molar-refractivity contribution < 1.29 is 8.91 Å². The molecule has 1 saturated carbocycles. The lowest BCUT2D eigenvalue weighted by atomic mass is 9.95. The van der Waals surface area contributed by atoms with Crippen molar-refractivity contribution in [2.45, 2.75) is 38.1 Å². The maximum Gasteiger partial charge on any atom is 0.228 e. The van der Waals surface area contributed by atoms with Crippen LogP contribution in [0.4, 0.5) is 4.39 Å². The average molecular weight is 290 g/mol. The molecule has 1 fully saturated rings. The van der Waals surface area contributed by atoms with E-state index in [1.807, 2.05) is 7.05 Å². The van der Waals surface area contributed by atoms with Crippen molar-refractivity contribution in [3.8, 4) is 11.5 Å². The first kappa shape index (κ1) is 14.1. The number of rotatable bonds is 5. The molecule has 1 atom stereocenters. The quantitative estimate of drug-likeness (QED) is 0.917. The lowest BCUT2D eigenvalue weighted by molar-refractivity contribution is 0.318. The first-order chi connectivity index (χ1) is 10.3. The summed E-state index contributed by atoms with van der Waals surface area (Å²) in [4.78, 5) is 8.33. The largest absolute Gasteiger partial charge is 0.339 e. The van der Waals surface area contributed by atoms with Gasteiger partial charge in [0.15, 0.2) is 0 Å². The summed E-state index contributed by atoms with van der Waals surface area (Å²) in [5.74, 6) is 1.31. The highest BCUT2D eigenvalue weighted by molar-refractivity contribution is 5.47. The van der Waals surface area contributed by atoms with Gasteiger partial charge >= 0.3 is 0 Å². The summed E-state index contributed by atoms with van der Waals surface area (Å²) in [6.45, 7) is 0. The monoisotopic (exact) mass is 290 g/mol. The molecule has 1 unspecified atom stereocenters. The minimum Gasteiger partial charge on any atom is -0.339 e. The zero-order chi connectivity index (χ0) is 14.7. The third-order valence-corrected chi connectivity index (χ3v) is 4.16. The van der Waals surface area contributed by atoms with Gasteiger partial charge in [-0.1, -0.05) is 18.0 Å². The van der Waals surface area contributed by atoms with E-state index >= 15 is 0 Å². The lowest BCUT2D eigenvalue weighted by Crippen LogP contribution is -2.34. The van der Waals surface area contributed by atoms with Crippen LogP contribution in [0.5, 0.6) is 0 Å². The van der Waals surface area contributed by atoms with Crippen LogP contribution < -0.4 is 5.32 Å². The number of nitrogens with zero attached hydrogens (tertiary/aromatic N) is 3. The van der Waals surface area contributed by atoms with Gasteiger partial charge in [0.05, 0.1) is 6.20 Å². The number of nitrogens with one attached hydrogen (secondary N) is 1. The molecule has 21 heavy (non-hydrogen) atoms. The highest BCUT2D eigenvalue weighted by Gasteiger charge is 2.25. The van der Waals surface area contributed by atoms with Gasteiger partial charge in [0.1, 0.15) is 11.5 Å². The normalized spacial score (nSPS) is 17.2. The fraction of sp³-hybridized carbons (Fsp3) is 0.533. The summed E-state index contributed by atoms with van der Waals surface area (Å²) in [7, 11) is 1.97. The predicted molar refractivity (Wildman–Crippen MR) is 76.0 cm³/mol. The van der Waals surface area contributed by atoms with E-state index in [1.165, 1.54) is 31.7 Å². The van der Waals surface area contributed by atoms with E-state index in [0.717, 1.165) is 12.6 Å². The first-order valence-corrected chi connectivity index (χ1v) is 7.38. The Morgan fingerprint density at radius 3 is 2.86 bits per heavy atom. The molecule has 0 amide bonds. The third kappa shape index (κ3) is 3.26. The Morgan fingerprint density at radius 2 is 2.19 bits per heavy atom. The van der Waals surface area contributed by atoms with Crippen LogP contribution in [0.3, 0.4) is 0 Å². The van der Waals surface area contributed by atoms with Crippen LogP contribution in [-0.2, 0) is 6.42 Å². The zero-order valence-corrected chi connectivity index (χ0v) is 12.1. The number of hydrogen-bond donors (Lipinski definition) is 1. The van der Waals surface area contributed by atoms with Crippen LogP contribution in [0.15, 0.2) is 22.9 Å². The molecule has 3 rings (SSSR count). The molecular weight excluding hydrogens is 271 g/mol. The molecule has 112 valence electrons. The number of aromatic nitrogens is 3. The predicted octanol–water partition coefficient (Wildman–Crippen LogP) is 2.59. The second-order valence-electron chi connectivity index (χ2n) is 5.52. The Bertz CT molecular complexity index is 578. The van der Waals surface area contributed by atoms with Crippen LogP contribution in [-0.4, -0.2) is 28.2 Å². The van der Waals surface area contributed by atoms with Gasteiger partial charge in [-0.3, -0.25) is 0 Å². The van der Waals surface area contributed by atoms with Crippen LogP contribution in [0.1, 0.15) is 31.6 Å². The second-order valence-corrected chi connectivity index (χ2v) is 5.52. The zero-order valence-electron chi connectivity index (χ0n) is 12.1. The summed E-state index contributed by atoms with van der Waals surface area (Å²) in [5.41, 5.74) is 0.522. The Labute approximate surface area is 123 Å². The van der Waals surface area contributed by atoms with Crippen LogP contribution in [0.2, 0.25) is 0 Å². The van der Waals surface area contributed by atoms with Gasteiger partial charge in [0, 0.05) is 12.5 Å². The Morgan fingerprint density at radius 1 is 1.38 bits per heavy atom. The molecular formula is C15H19FN4O. The molecule has 2 heterocycles. The molecule has 1 N–H and O–H groups in total. The fourth-order valence-electron chi connectivity index (χ4n) is 3.00. The molecule has 5 nitrogen and oxygen atoms in total. The van der Waals surface area contributed by atoms with Gasteiger partial charge in [-0.25, -0.2) is 9.37 Å². The van der Waals surface area contributed by atoms with Crippen molar-refractivity contribution >= 4 is 0 Å². The molecule has 6 heteroatoms. The fourth-order valence-corrected chi connectivity index (χ4v) is 3.00. The van der Waals surface area contributed by atoms with E-state index < -0.39 is 0 Å². The van der Waals surface area contributed by atoms with E-state index in [-0.39, 0.29) is 5.82 Å². The van der Waals surface area contributed by atoms with Crippen LogP contribution >= 0.6 is 0 Å². The lowest BCUT2D eigenvalue weighted by Gasteiger charge is -2.20. The van der Waals surface area contributed by atoms with Gasteiger partial charge in [0.2, 0.25) is 11.7 Å². The smallest absolute Gasteiger partial charge is 0.228 e. The van der Waals surface area contributed by atoms with E-state index in [2.05, 4.69) is 20.4 Å². The summed E-state index contributed by atoms with van der Waals surface area (Å²) < 4.78 is 18.2. The molecule has 0 radical (unpaired) electrons. The minimum absolute atomic E-state index is 0.363. The highest BCUT2D eigenvalue weighted by Crippen LogP contribution is 2.29. The Hall–Kier alpha value is -1.82. The molecule has 0 aliphatic heterocycles. The number of hydrogen-bond acceptors (Lipinski definition) is 5. The van der Waals surface area contributed by atoms with Crippen molar-refractivity contribution in [3.63, 3.8) is 0 Å². The topological polar surface area (TPSA) is 63.8 Å². The minimum atomic E-state index is -0.376. The van der Waals surface area contributed by atoms with Crippen molar-refractivity contribution in [2.24, 2.45) is 5.92 Å². The van der Waals surface area contributed by atoms with Crippen LogP contribution in [0, 0.1) is 11.7 Å². The standard InChI is InChI=1S/C15H19FN4O/c1-17-13(10-4-2-3-5-10)8-14-19-15(20-21-14)12-7-6-11(16)9-18-12/h6-7,9-10,13,17H,2-5,8H2,1H3. The molecule has 2 aromatic heterocycles. The molecule has 1 aliphatic rings. The van der Waals surface area contributed by atoms with E-state index in [1.54, 1.807) is 6.07 Å². The molecule has 0 aromatic carbocycles. The Kier molecular flexibility index (Phi) is 4.24. The van der Waals surface area contributed by atoms with E-state index in [0.29, 0.717) is 29.4 Å². The molecule has 0 spiro atoms. The molecule has 0 bridgehead atoms. The van der Waals surface area contributed by atoms with Gasteiger partial charge in [-0.05, 0) is 37.9 Å². The average Bonchev–Trinajstić information content (AvgIpc) is 3.17. The molecule has 1 aliphatic carbocycles. The van der Waals surface area contributed by atoms with Gasteiger partial charge < -0.3 is 9.84 Å². The molecule has 0 saturated heterocycles. The molecule has 2 aromatic rings. The van der Waals surface area contributed by atoms with E-state index in [9.17, 15) is 4.39 Å². The summed E-state index contributed by atoms with van der Waals surface area (Å²) in [6.07, 6.45) is 6.99. The number of halogens is 1. The Balaban J connectivity index is 1.70. The first-order valence-electron chi connectivity index (χ1n) is 7.38. The van der Waals surface area contributed by atoms with Crippen molar-refractivity contribution in [1.82, 2.24) is 20.4 Å². The van der Waals surface area contributed by atoms with Crippen molar-refractivity contribution in [3.05, 3.63) is 30.0 Å². The number of pyridine rings is 1. The summed E-state index contributed by atoms with van der Waals surface area (Å²) in [6, 6.07) is 3.26. The maximum atomic E-state index is 12.9. The summed E-state index contributed by atoms with van der Waals surface area (Å²) >= 11 is 0. The maximum absolute atomic E-state index is 12.9. The van der Waals surface area contributed by atoms with E-state index in [4.69, 9.17) is 4.52 Å². The SMILES string of the molecule is CNC(Cc1nc(-c2ccc(F)cn2)no1)C1CCCC1. The van der Waals surface area contributed by atoms with Gasteiger partial charge in [-0.15, -0.1) is 0 Å². The van der Waals surface area contributed by atoms with Crippen molar-refractivity contribution in [2.75, 3.05) is 7.05 Å². The van der Waals surface area contributed by atoms with Gasteiger partial charge in [0.25, 0.3) is 0 Å². The third-order valence-electron chi connectivity index (χ3n) is 4.16. The van der Waals surface area contributed by atoms with Crippen molar-refractivity contribution in [1.29, 1.82) is 0 Å². The highest BCUT2D eigenvalue weighted by atomic mass is 19.1. The second kappa shape index (κ2) is 6.30. The summed E-state index contributed by atoms with van der Waals surface area (Å²) in [5, 5.41) is 7.29. The van der Waals surface area contributed by atoms with Crippen LogP contribution in [0.25, 0.3) is 11.5 Å².